The maximum Gasteiger partial charge on any atom is 0.294 e. The highest BCUT2D eigenvalue weighted by molar-refractivity contribution is 6.25. The van der Waals surface area contributed by atoms with Gasteiger partial charge < -0.3 is 4.74 Å². The molecule has 0 spiro atoms. The van der Waals surface area contributed by atoms with Gasteiger partial charge in [0.05, 0.1) is 34.5 Å². The van der Waals surface area contributed by atoms with E-state index in [4.69, 9.17) is 9.73 Å². The molecule has 41 heavy (non-hydrogen) atoms. The molecule has 0 N–H and O–H groups in total. The van der Waals surface area contributed by atoms with Crippen LogP contribution in [-0.4, -0.2) is 29.6 Å². The number of amides is 2. The smallest absolute Gasteiger partial charge is 0.294 e. The standard InChI is InChI=1S/C33H25N3O5/c1-2-41-21-17-15-20(16-18-21)35-31(37)29-28-22-9-3-5-11-24(22)33(30(29)32(35)38,25-12-6-4-10-23(25)28)19-34-26-13-7-8-14-27(26)36(39)40/h3-19,28-30H,2H2,1H3/t28?,29-,30+,33?/m0/s1. The normalized spacial score (nSPS) is 23.8. The van der Waals surface area contributed by atoms with Crippen LogP contribution in [0.4, 0.5) is 17.1 Å². The first-order valence-corrected chi connectivity index (χ1v) is 13.6. The highest BCUT2D eigenvalue weighted by atomic mass is 16.6. The van der Waals surface area contributed by atoms with Crippen molar-refractivity contribution in [2.75, 3.05) is 11.5 Å². The van der Waals surface area contributed by atoms with Crippen molar-refractivity contribution in [1.29, 1.82) is 0 Å². The van der Waals surface area contributed by atoms with E-state index in [1.807, 2.05) is 55.5 Å². The lowest BCUT2D eigenvalue weighted by Gasteiger charge is -2.52. The molecule has 1 heterocycles. The van der Waals surface area contributed by atoms with E-state index in [0.29, 0.717) is 18.0 Å². The number of benzene rings is 4. The van der Waals surface area contributed by atoms with Crippen LogP contribution in [0.3, 0.4) is 0 Å². The second kappa shape index (κ2) is 9.23. The Balaban J connectivity index is 1.46. The molecule has 8 rings (SSSR count). The molecule has 0 unspecified atom stereocenters. The lowest BCUT2D eigenvalue weighted by molar-refractivity contribution is -0.384. The number of nitrogens with zero attached hydrogens (tertiary/aromatic N) is 3. The molecule has 8 nitrogen and oxygen atoms in total. The molecular weight excluding hydrogens is 518 g/mol. The molecule has 3 aliphatic carbocycles. The highest BCUT2D eigenvalue weighted by Crippen LogP contribution is 2.63. The van der Waals surface area contributed by atoms with Crippen molar-refractivity contribution < 1.29 is 19.2 Å². The van der Waals surface area contributed by atoms with Gasteiger partial charge in [0.15, 0.2) is 0 Å². The Morgan fingerprint density at radius 3 is 2.12 bits per heavy atom. The Bertz CT molecular complexity index is 1720. The average Bonchev–Trinajstić information content (AvgIpc) is 3.27. The summed E-state index contributed by atoms with van der Waals surface area (Å²) in [7, 11) is 0. The fourth-order valence-electron chi connectivity index (χ4n) is 7.06. The Hall–Kier alpha value is -5.11. The third-order valence-corrected chi connectivity index (χ3v) is 8.58. The summed E-state index contributed by atoms with van der Waals surface area (Å²) in [5, 5.41) is 11.8. The number of imide groups is 1. The molecule has 202 valence electrons. The number of ether oxygens (including phenoxy) is 1. The van der Waals surface area contributed by atoms with Gasteiger partial charge in [-0.05, 0) is 59.5 Å². The largest absolute Gasteiger partial charge is 0.494 e. The van der Waals surface area contributed by atoms with E-state index in [1.54, 1.807) is 48.7 Å². The Kier molecular flexibility index (Phi) is 5.61. The summed E-state index contributed by atoms with van der Waals surface area (Å²) in [5.74, 6) is -1.66. The van der Waals surface area contributed by atoms with Crippen LogP contribution >= 0.6 is 0 Å². The van der Waals surface area contributed by atoms with Crippen LogP contribution in [0.2, 0.25) is 0 Å². The molecule has 0 radical (unpaired) electrons. The minimum Gasteiger partial charge on any atom is -0.494 e. The Labute approximate surface area is 236 Å². The van der Waals surface area contributed by atoms with Crippen molar-refractivity contribution in [3.05, 3.63) is 129 Å². The monoisotopic (exact) mass is 543 g/mol. The molecule has 4 aliphatic rings. The number of aliphatic imine (C=N–C) groups is 1. The van der Waals surface area contributed by atoms with Crippen molar-refractivity contribution in [1.82, 2.24) is 0 Å². The van der Waals surface area contributed by atoms with Gasteiger partial charge in [0.2, 0.25) is 11.8 Å². The summed E-state index contributed by atoms with van der Waals surface area (Å²) in [6, 6.07) is 29.0. The average molecular weight is 544 g/mol. The van der Waals surface area contributed by atoms with Crippen LogP contribution in [-0.2, 0) is 15.0 Å². The molecule has 1 fully saturated rings. The zero-order valence-electron chi connectivity index (χ0n) is 22.1. The van der Waals surface area contributed by atoms with E-state index >= 15 is 0 Å². The number of nitro groups is 1. The molecule has 4 aromatic carbocycles. The van der Waals surface area contributed by atoms with Crippen molar-refractivity contribution in [3.8, 4) is 5.75 Å². The Morgan fingerprint density at radius 2 is 1.49 bits per heavy atom. The van der Waals surface area contributed by atoms with Crippen molar-refractivity contribution >= 4 is 35.1 Å². The number of hydrogen-bond acceptors (Lipinski definition) is 6. The van der Waals surface area contributed by atoms with E-state index in [1.165, 1.54) is 11.0 Å². The molecule has 0 saturated carbocycles. The zero-order chi connectivity index (χ0) is 28.3. The van der Waals surface area contributed by atoms with Gasteiger partial charge in [0, 0.05) is 18.2 Å². The molecule has 1 aliphatic heterocycles. The SMILES string of the molecule is CCOc1ccc(N2C(=O)[C@H]3C4c5ccccc5C(C=Nc5ccccc5[N+](=O)[O-])(c5ccccc54)[C@H]3C2=O)cc1. The summed E-state index contributed by atoms with van der Waals surface area (Å²) >= 11 is 0. The highest BCUT2D eigenvalue weighted by Gasteiger charge is 2.68. The fourth-order valence-corrected chi connectivity index (χ4v) is 7.06. The lowest BCUT2D eigenvalue weighted by Crippen LogP contribution is -2.54. The summed E-state index contributed by atoms with van der Waals surface area (Å²) < 4.78 is 5.56. The minimum atomic E-state index is -1.11. The van der Waals surface area contributed by atoms with E-state index < -0.39 is 22.2 Å². The summed E-state index contributed by atoms with van der Waals surface area (Å²) in [4.78, 5) is 46.1. The number of anilines is 1. The summed E-state index contributed by atoms with van der Waals surface area (Å²) in [6.45, 7) is 2.40. The topological polar surface area (TPSA) is 102 Å². The number of carbonyl (C=O) groups is 2. The number of hydrogen-bond donors (Lipinski definition) is 0. The predicted molar refractivity (Wildman–Crippen MR) is 154 cm³/mol. The third-order valence-electron chi connectivity index (χ3n) is 8.58. The fraction of sp³-hybridized carbons (Fsp3) is 0.182. The van der Waals surface area contributed by atoms with Crippen LogP contribution in [0, 0.1) is 22.0 Å². The first kappa shape index (κ1) is 24.9. The van der Waals surface area contributed by atoms with Crippen molar-refractivity contribution in [2.45, 2.75) is 18.3 Å². The van der Waals surface area contributed by atoms with Gasteiger partial charge >= 0.3 is 0 Å². The van der Waals surface area contributed by atoms with Gasteiger partial charge in [0.25, 0.3) is 5.69 Å². The van der Waals surface area contributed by atoms with Crippen molar-refractivity contribution in [2.24, 2.45) is 16.8 Å². The van der Waals surface area contributed by atoms with Crippen LogP contribution in [0.1, 0.15) is 35.1 Å². The van der Waals surface area contributed by atoms with E-state index in [0.717, 1.165) is 22.3 Å². The quantitative estimate of drug-likeness (QED) is 0.130. The first-order valence-electron chi connectivity index (χ1n) is 13.6. The maximum absolute atomic E-state index is 14.5. The van der Waals surface area contributed by atoms with E-state index in [2.05, 4.69) is 0 Å². The molecule has 2 bridgehead atoms. The van der Waals surface area contributed by atoms with Crippen LogP contribution < -0.4 is 9.64 Å². The zero-order valence-corrected chi connectivity index (χ0v) is 22.1. The molecule has 1 saturated heterocycles. The number of nitro benzene ring substituents is 1. The molecule has 2 atom stereocenters. The molecular formula is C33H25N3O5. The van der Waals surface area contributed by atoms with Crippen molar-refractivity contribution in [3.63, 3.8) is 0 Å². The number of rotatable bonds is 6. The minimum absolute atomic E-state index is 0.132. The van der Waals surface area contributed by atoms with Crippen LogP contribution in [0.5, 0.6) is 5.75 Å². The second-order valence-electron chi connectivity index (χ2n) is 10.5. The number of para-hydroxylation sites is 2. The molecule has 0 aromatic heterocycles. The lowest BCUT2D eigenvalue weighted by atomic mass is 9.47. The van der Waals surface area contributed by atoms with Crippen LogP contribution in [0.15, 0.2) is 102 Å². The van der Waals surface area contributed by atoms with E-state index in [9.17, 15) is 19.7 Å². The molecule has 4 aromatic rings. The van der Waals surface area contributed by atoms with Gasteiger partial charge in [-0.3, -0.25) is 24.7 Å². The van der Waals surface area contributed by atoms with Crippen LogP contribution in [0.25, 0.3) is 0 Å². The van der Waals surface area contributed by atoms with Gasteiger partial charge in [-0.25, -0.2) is 4.90 Å². The van der Waals surface area contributed by atoms with Gasteiger partial charge in [-0.1, -0.05) is 60.7 Å². The predicted octanol–water partition coefficient (Wildman–Crippen LogP) is 5.95. The van der Waals surface area contributed by atoms with E-state index in [-0.39, 0.29) is 29.1 Å². The Morgan fingerprint density at radius 1 is 0.878 bits per heavy atom. The van der Waals surface area contributed by atoms with Gasteiger partial charge in [-0.15, -0.1) is 0 Å². The summed E-state index contributed by atoms with van der Waals surface area (Å²) in [6.07, 6.45) is 1.67. The van der Waals surface area contributed by atoms with Gasteiger partial charge in [-0.2, -0.15) is 0 Å². The molecule has 2 amide bonds. The summed E-state index contributed by atoms with van der Waals surface area (Å²) in [5.41, 5.74) is 3.15. The third kappa shape index (κ3) is 3.43. The van der Waals surface area contributed by atoms with Gasteiger partial charge in [0.1, 0.15) is 11.4 Å². The second-order valence-corrected chi connectivity index (χ2v) is 10.5. The molecule has 8 heteroatoms. The number of carbonyl (C=O) groups excluding carboxylic acids is 2. The maximum atomic E-state index is 14.5. The first-order chi connectivity index (χ1) is 20.0.